The topological polar surface area (TPSA) is 7.65 Å². The van der Waals surface area contributed by atoms with Gasteiger partial charge >= 0.3 is 0 Å². The van der Waals surface area contributed by atoms with Crippen molar-refractivity contribution in [3.8, 4) is 0 Å². The lowest BCUT2D eigenvalue weighted by molar-refractivity contribution is 0.130. The summed E-state index contributed by atoms with van der Waals surface area (Å²) in [5, 5.41) is 0. The fraction of sp³-hybridized carbons (Fsp3) is 0.529. The van der Waals surface area contributed by atoms with E-state index in [0.717, 1.165) is 12.0 Å². The molecule has 1 aliphatic heterocycles. The standard InChI is InChI=1S/C17H22N2/c1-3-18-8-4-6-13-14-7-5-9-19-11-12(2)15(17(14)19)10-16(13)18/h5,7,9,11,13,16H,3-4,6,8,10H2,1-2H3/t13-,16-/m1/s1. The highest BCUT2D eigenvalue weighted by Gasteiger charge is 2.37. The van der Waals surface area contributed by atoms with Crippen LogP contribution < -0.4 is 0 Å². The zero-order valence-corrected chi connectivity index (χ0v) is 11.9. The number of piperidine rings is 1. The molecule has 2 nitrogen and oxygen atoms in total. The molecule has 3 heterocycles. The predicted octanol–water partition coefficient (Wildman–Crippen LogP) is 3.37. The van der Waals surface area contributed by atoms with Crippen molar-refractivity contribution in [1.29, 1.82) is 0 Å². The van der Waals surface area contributed by atoms with Crippen LogP contribution in [0.2, 0.25) is 0 Å². The van der Waals surface area contributed by atoms with E-state index in [1.165, 1.54) is 43.4 Å². The molecule has 0 spiro atoms. The van der Waals surface area contributed by atoms with Gasteiger partial charge in [-0.3, -0.25) is 4.90 Å². The second-order valence-electron chi connectivity index (χ2n) is 6.16. The maximum absolute atomic E-state index is 2.70. The minimum Gasteiger partial charge on any atom is -0.323 e. The third-order valence-electron chi connectivity index (χ3n) is 5.26. The van der Waals surface area contributed by atoms with Crippen molar-refractivity contribution in [2.75, 3.05) is 13.1 Å². The highest BCUT2D eigenvalue weighted by atomic mass is 15.2. The van der Waals surface area contributed by atoms with Crippen LogP contribution in [0.25, 0.3) is 5.52 Å². The summed E-state index contributed by atoms with van der Waals surface area (Å²) < 4.78 is 2.35. The minimum atomic E-state index is 0.735. The predicted molar refractivity (Wildman–Crippen MR) is 78.8 cm³/mol. The molecule has 0 amide bonds. The van der Waals surface area contributed by atoms with Crippen molar-refractivity contribution in [3.05, 3.63) is 41.2 Å². The number of likely N-dealkylation sites (N-methyl/N-ethyl adjacent to an activating group) is 1. The number of hydrogen-bond acceptors (Lipinski definition) is 1. The van der Waals surface area contributed by atoms with Crippen LogP contribution in [0.5, 0.6) is 0 Å². The number of pyridine rings is 1. The van der Waals surface area contributed by atoms with Gasteiger partial charge in [0.2, 0.25) is 0 Å². The number of nitrogens with zero attached hydrogens (tertiary/aromatic N) is 2. The van der Waals surface area contributed by atoms with Crippen molar-refractivity contribution >= 4 is 5.52 Å². The van der Waals surface area contributed by atoms with Crippen molar-refractivity contribution in [2.45, 2.75) is 45.1 Å². The maximum atomic E-state index is 2.70. The van der Waals surface area contributed by atoms with Gasteiger partial charge in [0.15, 0.2) is 0 Å². The Morgan fingerprint density at radius 1 is 1.37 bits per heavy atom. The number of aromatic nitrogens is 1. The van der Waals surface area contributed by atoms with E-state index in [0.29, 0.717) is 0 Å². The average Bonchev–Trinajstić information content (AvgIpc) is 2.76. The molecule has 2 aliphatic rings. The van der Waals surface area contributed by atoms with Gasteiger partial charge in [-0.25, -0.2) is 0 Å². The summed E-state index contributed by atoms with van der Waals surface area (Å²) in [6.07, 6.45) is 8.48. The molecule has 2 heteroatoms. The Morgan fingerprint density at radius 3 is 3.11 bits per heavy atom. The summed E-state index contributed by atoms with van der Waals surface area (Å²) >= 11 is 0. The molecule has 100 valence electrons. The first-order valence-electron chi connectivity index (χ1n) is 7.62. The molecule has 2 atom stereocenters. The quantitative estimate of drug-likeness (QED) is 0.757. The van der Waals surface area contributed by atoms with E-state index >= 15 is 0 Å². The molecule has 2 aromatic rings. The second-order valence-corrected chi connectivity index (χ2v) is 6.16. The Balaban J connectivity index is 1.92. The van der Waals surface area contributed by atoms with Crippen molar-refractivity contribution < 1.29 is 0 Å². The van der Waals surface area contributed by atoms with Crippen LogP contribution in [-0.2, 0) is 6.42 Å². The van der Waals surface area contributed by atoms with Crippen molar-refractivity contribution in [3.63, 3.8) is 0 Å². The molecule has 19 heavy (non-hydrogen) atoms. The minimum absolute atomic E-state index is 0.735. The van der Waals surface area contributed by atoms with E-state index in [1.807, 2.05) is 0 Å². The molecule has 1 aliphatic carbocycles. The molecule has 0 unspecified atom stereocenters. The first kappa shape index (κ1) is 11.5. The first-order chi connectivity index (χ1) is 9.29. The summed E-state index contributed by atoms with van der Waals surface area (Å²) in [7, 11) is 0. The number of rotatable bonds is 1. The van der Waals surface area contributed by atoms with Gasteiger partial charge in [0.05, 0.1) is 5.52 Å². The lowest BCUT2D eigenvalue weighted by Gasteiger charge is -2.43. The lowest BCUT2D eigenvalue weighted by Crippen LogP contribution is -2.46. The van der Waals surface area contributed by atoms with E-state index in [-0.39, 0.29) is 0 Å². The van der Waals surface area contributed by atoms with Gasteiger partial charge in [-0.15, -0.1) is 0 Å². The van der Waals surface area contributed by atoms with Crippen molar-refractivity contribution in [2.24, 2.45) is 0 Å². The normalized spacial score (nSPS) is 26.6. The number of fused-ring (bicyclic) bond motifs is 2. The Bertz CT molecular complexity index is 625. The Kier molecular flexibility index (Phi) is 2.49. The number of aryl methyl sites for hydroxylation is 1. The highest BCUT2D eigenvalue weighted by Crippen LogP contribution is 2.42. The SMILES string of the molecule is CCN1CCC[C@@H]2c3cccn4cc(C)c(c34)C[C@H]21. The molecule has 4 rings (SSSR count). The van der Waals surface area contributed by atoms with Crippen LogP contribution in [0.4, 0.5) is 0 Å². The van der Waals surface area contributed by atoms with Gasteiger partial charge in [0.1, 0.15) is 0 Å². The van der Waals surface area contributed by atoms with Crippen LogP contribution in [0, 0.1) is 6.92 Å². The van der Waals surface area contributed by atoms with E-state index in [4.69, 9.17) is 0 Å². The van der Waals surface area contributed by atoms with Crippen LogP contribution in [-0.4, -0.2) is 28.4 Å². The van der Waals surface area contributed by atoms with Crippen molar-refractivity contribution in [1.82, 2.24) is 9.30 Å². The summed E-state index contributed by atoms with van der Waals surface area (Å²) in [4.78, 5) is 2.70. The van der Waals surface area contributed by atoms with Gasteiger partial charge in [0, 0.05) is 24.4 Å². The number of likely N-dealkylation sites (tertiary alicyclic amines) is 1. The zero-order valence-electron chi connectivity index (χ0n) is 11.9. The molecule has 0 N–H and O–H groups in total. The van der Waals surface area contributed by atoms with E-state index in [9.17, 15) is 0 Å². The van der Waals surface area contributed by atoms with Gasteiger partial charge in [-0.05, 0) is 62.0 Å². The first-order valence-corrected chi connectivity index (χ1v) is 7.62. The molecule has 0 aromatic carbocycles. The fourth-order valence-electron chi connectivity index (χ4n) is 4.37. The monoisotopic (exact) mass is 254 g/mol. The zero-order chi connectivity index (χ0) is 13.0. The molecular formula is C17H22N2. The smallest absolute Gasteiger partial charge is 0.0520 e. The molecule has 0 saturated carbocycles. The van der Waals surface area contributed by atoms with Gasteiger partial charge in [-0.1, -0.05) is 13.0 Å². The molecule has 1 fully saturated rings. The average molecular weight is 254 g/mol. The Morgan fingerprint density at radius 2 is 2.26 bits per heavy atom. The van der Waals surface area contributed by atoms with Crippen LogP contribution >= 0.6 is 0 Å². The van der Waals surface area contributed by atoms with Crippen LogP contribution in [0.3, 0.4) is 0 Å². The summed E-state index contributed by atoms with van der Waals surface area (Å²) in [5.41, 5.74) is 6.17. The van der Waals surface area contributed by atoms with Gasteiger partial charge < -0.3 is 4.40 Å². The van der Waals surface area contributed by atoms with Crippen LogP contribution in [0.15, 0.2) is 24.5 Å². The van der Waals surface area contributed by atoms with E-state index in [2.05, 4.69) is 47.7 Å². The summed E-state index contributed by atoms with van der Waals surface area (Å²) in [6.45, 7) is 7.06. The molecule has 2 aromatic heterocycles. The van der Waals surface area contributed by atoms with E-state index < -0.39 is 0 Å². The van der Waals surface area contributed by atoms with Crippen LogP contribution in [0.1, 0.15) is 42.4 Å². The van der Waals surface area contributed by atoms with Gasteiger partial charge in [-0.2, -0.15) is 0 Å². The van der Waals surface area contributed by atoms with E-state index in [1.54, 1.807) is 11.1 Å². The van der Waals surface area contributed by atoms with Gasteiger partial charge in [0.25, 0.3) is 0 Å². The largest absolute Gasteiger partial charge is 0.323 e. The summed E-state index contributed by atoms with van der Waals surface area (Å²) in [6, 6.07) is 5.33. The molecule has 1 saturated heterocycles. The maximum Gasteiger partial charge on any atom is 0.0520 e. The fourth-order valence-corrected chi connectivity index (χ4v) is 4.37. The molecular weight excluding hydrogens is 232 g/mol. The molecule has 0 radical (unpaired) electrons. The lowest BCUT2D eigenvalue weighted by atomic mass is 9.76. The molecule has 0 bridgehead atoms. The Hall–Kier alpha value is -1.28. The number of hydrogen-bond donors (Lipinski definition) is 0. The summed E-state index contributed by atoms with van der Waals surface area (Å²) in [5.74, 6) is 0.749. The highest BCUT2D eigenvalue weighted by molar-refractivity contribution is 5.68. The second kappa shape index (κ2) is 4.11. The third kappa shape index (κ3) is 1.53. The third-order valence-corrected chi connectivity index (χ3v) is 5.26. The Labute approximate surface area is 115 Å².